The van der Waals surface area contributed by atoms with Gasteiger partial charge >= 0.3 is 18.3 Å². The van der Waals surface area contributed by atoms with Gasteiger partial charge in [-0.2, -0.15) is 26.3 Å². The molecule has 2 aromatic rings. The molecule has 2 heterocycles. The number of aromatic nitrogens is 1. The van der Waals surface area contributed by atoms with E-state index in [1.54, 1.807) is 6.92 Å². The maximum Gasteiger partial charge on any atom is 0.434 e. The minimum atomic E-state index is -5.91. The van der Waals surface area contributed by atoms with Crippen LogP contribution in [0.5, 0.6) is 0 Å². The summed E-state index contributed by atoms with van der Waals surface area (Å²) in [7, 11) is 0. The van der Waals surface area contributed by atoms with Crippen molar-refractivity contribution in [3.8, 4) is 0 Å². The van der Waals surface area contributed by atoms with Crippen LogP contribution >= 0.6 is 0 Å². The number of carboxylic acids is 1. The normalized spacial score (nSPS) is 17.4. The van der Waals surface area contributed by atoms with E-state index < -0.39 is 79.3 Å². The summed E-state index contributed by atoms with van der Waals surface area (Å²) in [6, 6.07) is 1.97. The first kappa shape index (κ1) is 29.6. The highest BCUT2D eigenvalue weighted by Crippen LogP contribution is 2.46. The summed E-state index contributed by atoms with van der Waals surface area (Å²) >= 11 is 0. The topological polar surface area (TPSA) is 94.9 Å². The molecule has 0 spiro atoms. The Labute approximate surface area is 223 Å². The van der Waals surface area contributed by atoms with Crippen LogP contribution in [-0.4, -0.2) is 70.6 Å². The highest BCUT2D eigenvalue weighted by Gasteiger charge is 2.75. The zero-order valence-electron chi connectivity index (χ0n) is 21.3. The maximum atomic E-state index is 15.2. The summed E-state index contributed by atoms with van der Waals surface area (Å²) in [5.41, 5.74) is -6.02. The summed E-state index contributed by atoms with van der Waals surface area (Å²) in [5.74, 6) is -3.85. The van der Waals surface area contributed by atoms with Crippen LogP contribution in [0.25, 0.3) is 10.9 Å². The molecule has 2 aliphatic rings. The van der Waals surface area contributed by atoms with Gasteiger partial charge in [-0.1, -0.05) is 13.3 Å². The number of hydrogen-bond donors (Lipinski definition) is 2. The Morgan fingerprint density at radius 2 is 1.62 bits per heavy atom. The number of alkyl halides is 6. The van der Waals surface area contributed by atoms with Crippen molar-refractivity contribution in [2.24, 2.45) is 0 Å². The van der Waals surface area contributed by atoms with E-state index in [0.29, 0.717) is 19.3 Å². The fraction of sp³-hybridized carbons (Fsp3) is 0.560. The van der Waals surface area contributed by atoms with Gasteiger partial charge in [-0.25, -0.2) is 9.18 Å². The van der Waals surface area contributed by atoms with Crippen molar-refractivity contribution >= 4 is 28.5 Å². The third-order valence-electron chi connectivity index (χ3n) is 7.26. The highest BCUT2D eigenvalue weighted by molar-refractivity contribution is 5.93. The number of carbonyl (C=O) groups is 2. The second-order valence-electron chi connectivity index (χ2n) is 9.97. The second-order valence-corrected chi connectivity index (χ2v) is 9.97. The molecule has 1 aromatic carbocycles. The smallest absolute Gasteiger partial charge is 0.434 e. The molecule has 0 atom stereocenters. The number of amides is 1. The molecule has 1 aliphatic carbocycles. The van der Waals surface area contributed by atoms with E-state index in [0.717, 1.165) is 12.3 Å². The van der Waals surface area contributed by atoms with Gasteiger partial charge in [-0.05, 0) is 31.4 Å². The molecule has 8 nitrogen and oxygen atoms in total. The van der Waals surface area contributed by atoms with Crippen molar-refractivity contribution in [1.29, 1.82) is 0 Å². The second kappa shape index (κ2) is 10.6. The van der Waals surface area contributed by atoms with E-state index in [9.17, 15) is 45.8 Å². The number of anilines is 1. The van der Waals surface area contributed by atoms with Crippen LogP contribution in [0.1, 0.15) is 55.4 Å². The summed E-state index contributed by atoms with van der Waals surface area (Å²) in [6.45, 7) is -0.922. The highest BCUT2D eigenvalue weighted by atomic mass is 19.4. The van der Waals surface area contributed by atoms with Crippen molar-refractivity contribution in [2.75, 3.05) is 31.1 Å². The van der Waals surface area contributed by atoms with Gasteiger partial charge in [0.05, 0.1) is 11.2 Å². The number of hydrogen-bond acceptors (Lipinski definition) is 5. The van der Waals surface area contributed by atoms with Gasteiger partial charge in [0, 0.05) is 50.2 Å². The summed E-state index contributed by atoms with van der Waals surface area (Å²) < 4.78 is 101. The molecule has 1 aliphatic heterocycles. The third kappa shape index (κ3) is 5.22. The number of nitrogens with one attached hydrogen (secondary N) is 1. The summed E-state index contributed by atoms with van der Waals surface area (Å²) in [4.78, 5) is 37.7. The van der Waals surface area contributed by atoms with Crippen LogP contribution in [-0.2, 0) is 4.79 Å². The molecular weight excluding hydrogens is 553 g/mol. The molecule has 2 N–H and O–H groups in total. The molecule has 0 radical (unpaired) electrons. The zero-order chi connectivity index (χ0) is 29.6. The largest absolute Gasteiger partial charge is 0.477 e. The first-order chi connectivity index (χ1) is 18.6. The number of carboxylic acid groups (broad SMARTS) is 1. The fourth-order valence-corrected chi connectivity index (χ4v) is 5.03. The van der Waals surface area contributed by atoms with Crippen molar-refractivity contribution < 1.29 is 45.4 Å². The molecule has 0 unspecified atom stereocenters. The van der Waals surface area contributed by atoms with E-state index in [1.807, 2.05) is 0 Å². The molecule has 2 fully saturated rings. The first-order valence-electron chi connectivity index (χ1n) is 12.7. The zero-order valence-corrected chi connectivity index (χ0v) is 21.3. The lowest BCUT2D eigenvalue weighted by molar-refractivity contribution is -0.350. The molecule has 1 amide bonds. The number of piperazine rings is 1. The maximum absolute atomic E-state index is 15.2. The number of unbranched alkanes of at least 4 members (excludes halogenated alkanes) is 1. The number of carbonyl (C=O) groups excluding carboxylic acids is 1. The number of fused-ring (bicyclic) bond motifs is 1. The Bertz CT molecular complexity index is 1350. The van der Waals surface area contributed by atoms with E-state index >= 15 is 4.39 Å². The SMILES string of the molecule is CCCCC(=O)NC(N1CCN(c2cc3c(cc2F)c(=O)c(C(=O)O)cn3C2CC2)CC1)(C(F)(F)F)C(F)(F)F. The van der Waals surface area contributed by atoms with Crippen molar-refractivity contribution in [1.82, 2.24) is 14.8 Å². The van der Waals surface area contributed by atoms with Gasteiger partial charge in [0.1, 0.15) is 11.4 Å². The van der Waals surface area contributed by atoms with Crippen LogP contribution < -0.4 is 15.6 Å². The van der Waals surface area contributed by atoms with Crippen LogP contribution in [0.3, 0.4) is 0 Å². The lowest BCUT2D eigenvalue weighted by Gasteiger charge is -2.49. The van der Waals surface area contributed by atoms with Crippen LogP contribution in [0.4, 0.5) is 36.4 Å². The molecule has 1 saturated heterocycles. The molecule has 40 heavy (non-hydrogen) atoms. The molecule has 1 aromatic heterocycles. The Morgan fingerprint density at radius 1 is 1.02 bits per heavy atom. The molecule has 15 heteroatoms. The average molecular weight is 581 g/mol. The predicted octanol–water partition coefficient (Wildman–Crippen LogP) is 4.42. The summed E-state index contributed by atoms with van der Waals surface area (Å²) in [5, 5.41) is 10.4. The number of rotatable bonds is 8. The monoisotopic (exact) mass is 580 g/mol. The Balaban J connectivity index is 1.68. The van der Waals surface area contributed by atoms with Gasteiger partial charge in [-0.3, -0.25) is 14.5 Å². The lowest BCUT2D eigenvalue weighted by Crippen LogP contribution is -2.78. The van der Waals surface area contributed by atoms with Gasteiger partial charge < -0.3 is 19.9 Å². The minimum Gasteiger partial charge on any atom is -0.477 e. The predicted molar refractivity (Wildman–Crippen MR) is 130 cm³/mol. The lowest BCUT2D eigenvalue weighted by atomic mass is 10.0. The fourth-order valence-electron chi connectivity index (χ4n) is 5.03. The number of aromatic carboxylic acids is 1. The van der Waals surface area contributed by atoms with Gasteiger partial charge in [0.15, 0.2) is 0 Å². The van der Waals surface area contributed by atoms with E-state index in [1.165, 1.54) is 20.9 Å². The third-order valence-corrected chi connectivity index (χ3v) is 7.26. The number of pyridine rings is 1. The average Bonchev–Trinajstić information content (AvgIpc) is 3.70. The van der Waals surface area contributed by atoms with Gasteiger partial charge in [0.2, 0.25) is 11.3 Å². The van der Waals surface area contributed by atoms with E-state index in [4.69, 9.17) is 0 Å². The first-order valence-corrected chi connectivity index (χ1v) is 12.7. The number of nitrogens with zero attached hydrogens (tertiary/aromatic N) is 3. The van der Waals surface area contributed by atoms with Crippen LogP contribution in [0, 0.1) is 5.82 Å². The van der Waals surface area contributed by atoms with Gasteiger partial charge in [-0.15, -0.1) is 0 Å². The number of halogens is 7. The molecule has 1 saturated carbocycles. The minimum absolute atomic E-state index is 0.103. The molecule has 0 bridgehead atoms. The van der Waals surface area contributed by atoms with Crippen molar-refractivity contribution in [3.63, 3.8) is 0 Å². The van der Waals surface area contributed by atoms with Crippen molar-refractivity contribution in [3.05, 3.63) is 39.9 Å². The molecular formula is C25H27F7N4O4. The Morgan fingerprint density at radius 3 is 2.12 bits per heavy atom. The molecule has 220 valence electrons. The van der Waals surface area contributed by atoms with Crippen molar-refractivity contribution in [2.45, 2.75) is 63.1 Å². The van der Waals surface area contributed by atoms with Gasteiger partial charge in [0.25, 0.3) is 5.66 Å². The number of benzene rings is 1. The van der Waals surface area contributed by atoms with E-state index in [2.05, 4.69) is 0 Å². The van der Waals surface area contributed by atoms with Crippen LogP contribution in [0.15, 0.2) is 23.1 Å². The van der Waals surface area contributed by atoms with E-state index in [-0.39, 0.29) is 34.0 Å². The Kier molecular flexibility index (Phi) is 7.82. The van der Waals surface area contributed by atoms with Crippen LogP contribution in [0.2, 0.25) is 0 Å². The standard InChI is InChI=1S/C25H27F7N4O4/c1-2-3-4-20(37)33-23(24(27,28)29,25(30,31)32)35-9-7-34(8-10-35)19-12-18-15(11-17(19)26)21(38)16(22(39)40)13-36(18)14-5-6-14/h11-14H,2-10H2,1H3,(H,33,37)(H,39,40). The quantitative estimate of drug-likeness (QED) is 0.449. The summed E-state index contributed by atoms with van der Waals surface area (Å²) in [6.07, 6.45) is -9.32. The molecule has 4 rings (SSSR count). The Hall–Kier alpha value is -3.36.